The Balaban J connectivity index is 1.99. The van der Waals surface area contributed by atoms with Crippen molar-refractivity contribution < 1.29 is 9.84 Å². The van der Waals surface area contributed by atoms with Crippen molar-refractivity contribution in [2.75, 3.05) is 0 Å². The van der Waals surface area contributed by atoms with Crippen molar-refractivity contribution >= 4 is 15.9 Å². The molecule has 0 atom stereocenters. The highest BCUT2D eigenvalue weighted by Crippen LogP contribution is 2.19. The first-order valence-electron chi connectivity index (χ1n) is 4.90. The lowest BCUT2D eigenvalue weighted by Gasteiger charge is -2.06. The van der Waals surface area contributed by atoms with Gasteiger partial charge in [-0.1, -0.05) is 34.1 Å². The van der Waals surface area contributed by atoms with Crippen LogP contribution in [0, 0.1) is 0 Å². The van der Waals surface area contributed by atoms with Gasteiger partial charge in [-0.05, 0) is 29.8 Å². The van der Waals surface area contributed by atoms with Crippen LogP contribution in [0.3, 0.4) is 0 Å². The fourth-order valence-corrected chi connectivity index (χ4v) is 1.58. The highest BCUT2D eigenvalue weighted by Gasteiger charge is 1.97. The molecule has 3 heteroatoms. The van der Waals surface area contributed by atoms with E-state index in [1.165, 1.54) is 0 Å². The van der Waals surface area contributed by atoms with E-state index in [4.69, 9.17) is 4.74 Å². The lowest BCUT2D eigenvalue weighted by atomic mass is 10.2. The molecule has 2 nitrogen and oxygen atoms in total. The van der Waals surface area contributed by atoms with Crippen molar-refractivity contribution in [1.82, 2.24) is 0 Å². The molecule has 0 aliphatic heterocycles. The minimum absolute atomic E-state index is 0.216. The van der Waals surface area contributed by atoms with E-state index in [1.807, 2.05) is 30.3 Å². The first-order chi connectivity index (χ1) is 7.74. The molecule has 0 spiro atoms. The van der Waals surface area contributed by atoms with E-state index in [2.05, 4.69) is 15.9 Å². The maximum absolute atomic E-state index is 9.26. The molecule has 0 radical (unpaired) electrons. The number of ether oxygens (including phenoxy) is 1. The predicted octanol–water partition coefficient (Wildman–Crippen LogP) is 3.73. The van der Waals surface area contributed by atoms with Crippen LogP contribution in [0.5, 0.6) is 11.5 Å². The van der Waals surface area contributed by atoms with Gasteiger partial charge in [0.1, 0.15) is 18.1 Å². The van der Waals surface area contributed by atoms with Gasteiger partial charge in [-0.2, -0.15) is 0 Å². The largest absolute Gasteiger partial charge is 0.508 e. The summed E-state index contributed by atoms with van der Waals surface area (Å²) < 4.78 is 6.59. The van der Waals surface area contributed by atoms with Crippen LogP contribution in [0.15, 0.2) is 53.0 Å². The molecule has 0 amide bonds. The minimum atomic E-state index is 0.216. The minimum Gasteiger partial charge on any atom is -0.508 e. The Hall–Kier alpha value is -1.48. The third-order valence-electron chi connectivity index (χ3n) is 2.14. The van der Waals surface area contributed by atoms with Gasteiger partial charge in [0, 0.05) is 10.5 Å². The van der Waals surface area contributed by atoms with E-state index >= 15 is 0 Å². The number of halogens is 1. The zero-order chi connectivity index (χ0) is 11.4. The molecule has 0 unspecified atom stereocenters. The summed E-state index contributed by atoms with van der Waals surface area (Å²) in [5.41, 5.74) is 1.09. The number of rotatable bonds is 3. The summed E-state index contributed by atoms with van der Waals surface area (Å²) in [4.78, 5) is 0. The molecular weight excluding hydrogens is 268 g/mol. The molecule has 0 aliphatic carbocycles. The first-order valence-corrected chi connectivity index (χ1v) is 5.69. The monoisotopic (exact) mass is 278 g/mol. The smallest absolute Gasteiger partial charge is 0.123 e. The molecule has 0 bridgehead atoms. The quantitative estimate of drug-likeness (QED) is 0.927. The zero-order valence-corrected chi connectivity index (χ0v) is 10.1. The molecule has 82 valence electrons. The molecule has 0 saturated heterocycles. The molecule has 2 rings (SSSR count). The van der Waals surface area contributed by atoms with E-state index in [-0.39, 0.29) is 5.75 Å². The van der Waals surface area contributed by atoms with Gasteiger partial charge in [0.05, 0.1) is 0 Å². The third kappa shape index (κ3) is 3.00. The van der Waals surface area contributed by atoms with E-state index in [0.29, 0.717) is 12.4 Å². The van der Waals surface area contributed by atoms with Crippen LogP contribution >= 0.6 is 15.9 Å². The maximum Gasteiger partial charge on any atom is 0.123 e. The summed E-state index contributed by atoms with van der Waals surface area (Å²) in [6.45, 7) is 0.497. The van der Waals surface area contributed by atoms with Gasteiger partial charge in [0.2, 0.25) is 0 Å². The fraction of sp³-hybridized carbons (Fsp3) is 0.0769. The van der Waals surface area contributed by atoms with Crippen LogP contribution in [0.2, 0.25) is 0 Å². The lowest BCUT2D eigenvalue weighted by molar-refractivity contribution is 0.304. The maximum atomic E-state index is 9.26. The summed E-state index contributed by atoms with van der Waals surface area (Å²) in [7, 11) is 0. The molecular formula is C13H11BrO2. The van der Waals surface area contributed by atoms with Crippen LogP contribution in [0.25, 0.3) is 0 Å². The van der Waals surface area contributed by atoms with Gasteiger partial charge < -0.3 is 9.84 Å². The Morgan fingerprint density at radius 3 is 2.50 bits per heavy atom. The van der Waals surface area contributed by atoms with Gasteiger partial charge in [0.15, 0.2) is 0 Å². The molecule has 1 N–H and O–H groups in total. The second-order valence-corrected chi connectivity index (χ2v) is 4.33. The average molecular weight is 279 g/mol. The third-order valence-corrected chi connectivity index (χ3v) is 2.67. The lowest BCUT2D eigenvalue weighted by Crippen LogP contribution is -1.94. The molecule has 16 heavy (non-hydrogen) atoms. The van der Waals surface area contributed by atoms with Gasteiger partial charge in [0.25, 0.3) is 0 Å². The van der Waals surface area contributed by atoms with E-state index in [9.17, 15) is 5.11 Å². The van der Waals surface area contributed by atoms with Crippen LogP contribution in [0.1, 0.15) is 5.56 Å². The van der Waals surface area contributed by atoms with E-state index in [0.717, 1.165) is 10.0 Å². The Morgan fingerprint density at radius 1 is 1.06 bits per heavy atom. The van der Waals surface area contributed by atoms with Crippen molar-refractivity contribution in [3.63, 3.8) is 0 Å². The van der Waals surface area contributed by atoms with Gasteiger partial charge >= 0.3 is 0 Å². The van der Waals surface area contributed by atoms with Gasteiger partial charge in [-0.3, -0.25) is 0 Å². The average Bonchev–Trinajstić information content (AvgIpc) is 2.28. The van der Waals surface area contributed by atoms with Crippen molar-refractivity contribution in [2.45, 2.75) is 6.61 Å². The number of benzene rings is 2. The topological polar surface area (TPSA) is 29.5 Å². The zero-order valence-electron chi connectivity index (χ0n) is 8.56. The van der Waals surface area contributed by atoms with Crippen molar-refractivity contribution in [3.05, 3.63) is 58.6 Å². The summed E-state index contributed by atoms with van der Waals surface area (Å²) in [6, 6.07) is 14.7. The predicted molar refractivity (Wildman–Crippen MR) is 66.6 cm³/mol. The second-order valence-electron chi connectivity index (χ2n) is 3.41. The summed E-state index contributed by atoms with van der Waals surface area (Å²) in [6.07, 6.45) is 0. The SMILES string of the molecule is Oc1cccc(OCc2ccc(Br)cc2)c1. The Morgan fingerprint density at radius 2 is 1.81 bits per heavy atom. The van der Waals surface area contributed by atoms with Crippen LogP contribution in [0.4, 0.5) is 0 Å². The highest BCUT2D eigenvalue weighted by atomic mass is 79.9. The van der Waals surface area contributed by atoms with Crippen molar-refractivity contribution in [3.8, 4) is 11.5 Å². The molecule has 0 aromatic heterocycles. The molecule has 0 saturated carbocycles. The normalized spacial score (nSPS) is 10.1. The van der Waals surface area contributed by atoms with Crippen molar-refractivity contribution in [2.24, 2.45) is 0 Å². The first kappa shape index (κ1) is 11.0. The number of hydrogen-bond donors (Lipinski definition) is 1. The summed E-state index contributed by atoms with van der Waals surface area (Å²) >= 11 is 3.38. The van der Waals surface area contributed by atoms with Crippen molar-refractivity contribution in [1.29, 1.82) is 0 Å². The highest BCUT2D eigenvalue weighted by molar-refractivity contribution is 9.10. The number of phenolic OH excluding ortho intramolecular Hbond substituents is 1. The Bertz CT molecular complexity index is 466. The molecule has 2 aromatic carbocycles. The number of hydrogen-bond acceptors (Lipinski definition) is 2. The number of aromatic hydroxyl groups is 1. The van der Waals surface area contributed by atoms with E-state index in [1.54, 1.807) is 18.2 Å². The van der Waals surface area contributed by atoms with Crippen LogP contribution < -0.4 is 4.74 Å². The number of phenols is 1. The summed E-state index contributed by atoms with van der Waals surface area (Å²) in [5, 5.41) is 9.26. The molecule has 0 aliphatic rings. The van der Waals surface area contributed by atoms with Gasteiger partial charge in [-0.15, -0.1) is 0 Å². The van der Waals surface area contributed by atoms with Gasteiger partial charge in [-0.25, -0.2) is 0 Å². The molecule has 0 heterocycles. The van der Waals surface area contributed by atoms with Crippen LogP contribution in [-0.2, 0) is 6.61 Å². The Kier molecular flexibility index (Phi) is 3.47. The molecule has 2 aromatic rings. The Labute approximate surface area is 103 Å². The summed E-state index contributed by atoms with van der Waals surface area (Å²) in [5.74, 6) is 0.885. The second kappa shape index (κ2) is 5.03. The fourth-order valence-electron chi connectivity index (χ4n) is 1.32. The molecule has 0 fully saturated rings. The van der Waals surface area contributed by atoms with E-state index < -0.39 is 0 Å². The van der Waals surface area contributed by atoms with Crippen LogP contribution in [-0.4, -0.2) is 5.11 Å². The standard InChI is InChI=1S/C13H11BrO2/c14-11-6-4-10(5-7-11)9-16-13-3-1-2-12(15)8-13/h1-8,15H,9H2.